The van der Waals surface area contributed by atoms with Crippen LogP contribution in [0.15, 0.2) is 42.5 Å². The molecule has 1 N–H and O–H groups in total. The number of benzene rings is 2. The van der Waals surface area contributed by atoms with Gasteiger partial charge in [-0.2, -0.15) is 0 Å². The summed E-state index contributed by atoms with van der Waals surface area (Å²) in [5, 5.41) is 10.5. The molecule has 154 valence electrons. The summed E-state index contributed by atoms with van der Waals surface area (Å²) in [5.74, 6) is -1.38. The van der Waals surface area contributed by atoms with Crippen molar-refractivity contribution in [3.05, 3.63) is 54.1 Å². The lowest BCUT2D eigenvalue weighted by Gasteiger charge is -2.39. The number of nitrogens with zero attached hydrogens (tertiary/aromatic N) is 2. The quantitative estimate of drug-likeness (QED) is 0.776. The number of carbonyl (C=O) groups excluding carboxylic acids is 1. The molecule has 0 bridgehead atoms. The molecule has 1 amide bonds. The van der Waals surface area contributed by atoms with Gasteiger partial charge in [-0.25, -0.2) is 13.6 Å². The van der Waals surface area contributed by atoms with E-state index in [9.17, 15) is 13.6 Å². The molecule has 8 heteroatoms. The van der Waals surface area contributed by atoms with Gasteiger partial charge in [0.15, 0.2) is 11.6 Å². The molecule has 2 fully saturated rings. The Balaban J connectivity index is 1.52. The van der Waals surface area contributed by atoms with Crippen molar-refractivity contribution in [3.63, 3.8) is 0 Å². The molecule has 2 aromatic carbocycles. The molecule has 5 nitrogen and oxygen atoms in total. The minimum Gasteiger partial charge on any atom is -0.441 e. The van der Waals surface area contributed by atoms with Crippen LogP contribution in [0.3, 0.4) is 0 Å². The zero-order chi connectivity index (χ0) is 20.6. The fourth-order valence-corrected chi connectivity index (χ4v) is 7.54. The Labute approximate surface area is 169 Å². The summed E-state index contributed by atoms with van der Waals surface area (Å²) in [4.78, 5) is 14.8. The van der Waals surface area contributed by atoms with Gasteiger partial charge in [0.1, 0.15) is 11.8 Å². The van der Waals surface area contributed by atoms with E-state index < -0.39 is 31.9 Å². The maximum absolute atomic E-state index is 14.9. The number of amides is 1. The second-order valence-corrected chi connectivity index (χ2v) is 12.7. The van der Waals surface area contributed by atoms with Gasteiger partial charge in [-0.05, 0) is 12.1 Å². The molecule has 0 spiro atoms. The highest BCUT2D eigenvalue weighted by Gasteiger charge is 2.36. The molecule has 0 aliphatic carbocycles. The van der Waals surface area contributed by atoms with E-state index in [0.29, 0.717) is 13.1 Å². The first kappa shape index (κ1) is 19.8. The molecule has 2 aliphatic rings. The smallest absolute Gasteiger partial charge is 0.414 e. The Hall–Kier alpha value is -2.45. The summed E-state index contributed by atoms with van der Waals surface area (Å²) < 4.78 is 34.7. The molecular weight excluding hydrogens is 394 g/mol. The Bertz CT molecular complexity index is 881. The van der Waals surface area contributed by atoms with Gasteiger partial charge in [-0.1, -0.05) is 42.1 Å². The van der Waals surface area contributed by atoms with Gasteiger partial charge >= 0.3 is 6.09 Å². The first-order valence-corrected chi connectivity index (χ1v) is 12.7. The van der Waals surface area contributed by atoms with Crippen LogP contribution in [0.25, 0.3) is 0 Å². The Morgan fingerprint density at radius 1 is 1.14 bits per heavy atom. The third kappa shape index (κ3) is 3.74. The third-order valence-corrected chi connectivity index (χ3v) is 10.4. The molecule has 0 aromatic heterocycles. The summed E-state index contributed by atoms with van der Waals surface area (Å²) in [7, 11) is -1.65. The van der Waals surface area contributed by atoms with Crippen LogP contribution in [0, 0.1) is 11.6 Å². The second kappa shape index (κ2) is 7.76. The zero-order valence-corrected chi connectivity index (χ0v) is 17.3. The van der Waals surface area contributed by atoms with Gasteiger partial charge < -0.3 is 14.7 Å². The molecule has 0 radical (unpaired) electrons. The number of hydrogen-bond acceptors (Lipinski definition) is 4. The zero-order valence-electron chi connectivity index (χ0n) is 16.3. The van der Waals surface area contributed by atoms with Gasteiger partial charge in [-0.3, -0.25) is 4.90 Å². The highest BCUT2D eigenvalue weighted by molar-refractivity contribution is 6.91. The number of aliphatic hydroxyl groups excluding tert-OH is 1. The summed E-state index contributed by atoms with van der Waals surface area (Å²) in [6.07, 6.45) is -1.39. The van der Waals surface area contributed by atoms with Gasteiger partial charge in [0.25, 0.3) is 0 Å². The van der Waals surface area contributed by atoms with Gasteiger partial charge in [0.05, 0.1) is 26.9 Å². The average Bonchev–Trinajstić information content (AvgIpc) is 3.10. The fourth-order valence-electron chi connectivity index (χ4n) is 4.19. The van der Waals surface area contributed by atoms with Crippen LogP contribution in [0.2, 0.25) is 18.6 Å². The van der Waals surface area contributed by atoms with E-state index in [1.807, 2.05) is 18.2 Å². The maximum atomic E-state index is 14.9. The minimum atomic E-state index is -1.65. The lowest BCUT2D eigenvalue weighted by atomic mass is 10.2. The van der Waals surface area contributed by atoms with Crippen molar-refractivity contribution in [2.24, 2.45) is 0 Å². The number of aliphatic hydroxyl groups is 1. The van der Waals surface area contributed by atoms with E-state index in [4.69, 9.17) is 9.84 Å². The van der Waals surface area contributed by atoms with Crippen LogP contribution in [0.5, 0.6) is 0 Å². The lowest BCUT2D eigenvalue weighted by molar-refractivity contribution is 0.0963. The molecule has 1 unspecified atom stereocenters. The number of anilines is 2. The Kier molecular flexibility index (Phi) is 5.31. The van der Waals surface area contributed by atoms with E-state index in [-0.39, 0.29) is 24.5 Å². The molecule has 2 aromatic rings. The average molecular weight is 419 g/mol. The number of cyclic esters (lactones) is 1. The molecule has 29 heavy (non-hydrogen) atoms. The van der Waals surface area contributed by atoms with Crippen molar-refractivity contribution >= 4 is 30.7 Å². The third-order valence-electron chi connectivity index (χ3n) is 6.04. The molecule has 0 saturated carbocycles. The summed E-state index contributed by atoms with van der Waals surface area (Å²) in [6.45, 7) is 3.26. The Morgan fingerprint density at radius 2 is 1.76 bits per heavy atom. The first-order valence-electron chi connectivity index (χ1n) is 9.80. The predicted octanol–water partition coefficient (Wildman–Crippen LogP) is 3.09. The Morgan fingerprint density at radius 3 is 2.31 bits per heavy atom. The van der Waals surface area contributed by atoms with Gasteiger partial charge in [0.2, 0.25) is 0 Å². The molecule has 2 heterocycles. The van der Waals surface area contributed by atoms with E-state index in [1.54, 1.807) is 4.90 Å². The monoisotopic (exact) mass is 418 g/mol. The topological polar surface area (TPSA) is 53.0 Å². The van der Waals surface area contributed by atoms with Crippen LogP contribution >= 0.6 is 0 Å². The fraction of sp³-hybridized carbons (Fsp3) is 0.381. The van der Waals surface area contributed by atoms with Crippen molar-refractivity contribution in [1.82, 2.24) is 0 Å². The highest BCUT2D eigenvalue weighted by Crippen LogP contribution is 2.34. The van der Waals surface area contributed by atoms with Crippen LogP contribution in [-0.4, -0.2) is 51.6 Å². The second-order valence-electron chi connectivity index (χ2n) is 7.97. The van der Waals surface area contributed by atoms with Gasteiger partial charge in [-0.15, -0.1) is 0 Å². The number of rotatable bonds is 4. The van der Waals surface area contributed by atoms with E-state index in [1.165, 1.54) is 17.3 Å². The number of ether oxygens (including phenoxy) is 1. The minimum absolute atomic E-state index is 0.0378. The lowest BCUT2D eigenvalue weighted by Crippen LogP contribution is -2.53. The highest BCUT2D eigenvalue weighted by atomic mass is 28.3. The number of halogens is 2. The normalized spacial score (nSPS) is 21.4. The van der Waals surface area contributed by atoms with Crippen molar-refractivity contribution in [2.75, 3.05) is 36.0 Å². The van der Waals surface area contributed by atoms with Crippen molar-refractivity contribution < 1.29 is 23.4 Å². The largest absolute Gasteiger partial charge is 0.441 e. The van der Waals surface area contributed by atoms with Crippen LogP contribution in [0.4, 0.5) is 25.0 Å². The molecule has 2 aliphatic heterocycles. The van der Waals surface area contributed by atoms with Crippen LogP contribution < -0.4 is 15.0 Å². The van der Waals surface area contributed by atoms with Crippen LogP contribution in [-0.2, 0) is 4.74 Å². The van der Waals surface area contributed by atoms with Crippen molar-refractivity contribution in [2.45, 2.75) is 24.7 Å². The van der Waals surface area contributed by atoms with E-state index >= 15 is 0 Å². The number of carbonyl (C=O) groups is 1. The molecular formula is C21H24F2N2O3Si. The SMILES string of the molecule is C[Si]1(c2ccccc2)CCN(c2c(F)cc(N3CC(CO)OC3=O)cc2F)CC1. The molecule has 2 saturated heterocycles. The van der Waals surface area contributed by atoms with Crippen LogP contribution in [0.1, 0.15) is 0 Å². The first-order chi connectivity index (χ1) is 13.9. The van der Waals surface area contributed by atoms with Gasteiger partial charge in [0, 0.05) is 25.2 Å². The van der Waals surface area contributed by atoms with Crippen molar-refractivity contribution in [1.29, 1.82) is 0 Å². The van der Waals surface area contributed by atoms with E-state index in [0.717, 1.165) is 17.0 Å². The summed E-state index contributed by atoms with van der Waals surface area (Å²) in [6, 6.07) is 14.6. The molecule has 1 atom stereocenters. The number of hydrogen-bond donors (Lipinski definition) is 1. The summed E-state index contributed by atoms with van der Waals surface area (Å²) >= 11 is 0. The standard InChI is InChI=1S/C21H24F2N2O3Si/c1-29(17-5-3-2-4-6-17)9-7-24(8-10-29)20-18(22)11-15(12-19(20)23)25-13-16(14-26)28-21(25)27/h2-6,11-12,16,26H,7-10,13-14H2,1H3. The molecule has 4 rings (SSSR count). The van der Waals surface area contributed by atoms with E-state index in [2.05, 4.69) is 18.7 Å². The van der Waals surface area contributed by atoms with Crippen molar-refractivity contribution in [3.8, 4) is 0 Å². The predicted molar refractivity (Wildman–Crippen MR) is 111 cm³/mol. The summed E-state index contributed by atoms with van der Waals surface area (Å²) in [5.41, 5.74) is 0.0642. The maximum Gasteiger partial charge on any atom is 0.414 e.